The molecule has 0 saturated heterocycles. The second-order valence-electron chi connectivity index (χ2n) is 4.50. The minimum atomic E-state index is -0.629. The number of aliphatic hydroxyl groups is 2. The fraction of sp³-hybridized carbons (Fsp3) is 0.571. The summed E-state index contributed by atoms with van der Waals surface area (Å²) in [7, 11) is 1.68. The number of rotatable bonds is 5. The zero-order valence-electron chi connectivity index (χ0n) is 11.1. The quantitative estimate of drug-likeness (QED) is 0.823. The van der Waals surface area contributed by atoms with Crippen molar-refractivity contribution in [2.45, 2.75) is 39.7 Å². The average Bonchev–Trinajstić information content (AvgIpc) is 2.33. The molecule has 0 aromatic heterocycles. The van der Waals surface area contributed by atoms with Gasteiger partial charge in [0.15, 0.2) is 0 Å². The van der Waals surface area contributed by atoms with E-state index in [-0.39, 0.29) is 6.61 Å². The van der Waals surface area contributed by atoms with Crippen molar-refractivity contribution in [3.8, 4) is 5.75 Å². The summed E-state index contributed by atoms with van der Waals surface area (Å²) in [4.78, 5) is 0. The third-order valence-corrected chi connectivity index (χ3v) is 3.37. The fourth-order valence-corrected chi connectivity index (χ4v) is 2.10. The number of aliphatic hydroxyl groups excluding tert-OH is 2. The van der Waals surface area contributed by atoms with Gasteiger partial charge in [-0.3, -0.25) is 0 Å². The van der Waals surface area contributed by atoms with E-state index in [4.69, 9.17) is 9.84 Å². The molecule has 1 aromatic rings. The van der Waals surface area contributed by atoms with Crippen LogP contribution in [0.5, 0.6) is 5.75 Å². The number of hydrogen-bond donors (Lipinski definition) is 2. The first-order valence-electron chi connectivity index (χ1n) is 5.93. The molecule has 2 N–H and O–H groups in total. The van der Waals surface area contributed by atoms with Crippen LogP contribution in [0.15, 0.2) is 6.07 Å². The molecule has 0 bridgehead atoms. The maximum absolute atomic E-state index is 9.40. The van der Waals surface area contributed by atoms with Gasteiger partial charge in [0, 0.05) is 0 Å². The van der Waals surface area contributed by atoms with Gasteiger partial charge in [0.2, 0.25) is 0 Å². The highest BCUT2D eigenvalue weighted by Gasteiger charge is 2.12. The lowest BCUT2D eigenvalue weighted by Crippen LogP contribution is -2.13. The Hall–Kier alpha value is -1.06. The van der Waals surface area contributed by atoms with E-state index in [9.17, 15) is 5.11 Å². The summed E-state index contributed by atoms with van der Waals surface area (Å²) in [6.45, 7) is 5.99. The molecule has 0 fully saturated rings. The van der Waals surface area contributed by atoms with Crippen molar-refractivity contribution in [3.63, 3.8) is 0 Å². The molecular weight excluding hydrogens is 216 g/mol. The Morgan fingerprint density at radius 1 is 1.24 bits per heavy atom. The van der Waals surface area contributed by atoms with Crippen LogP contribution in [-0.2, 0) is 6.42 Å². The molecule has 1 atom stereocenters. The lowest BCUT2D eigenvalue weighted by atomic mass is 9.93. The molecule has 0 aliphatic carbocycles. The predicted octanol–water partition coefficient (Wildman–Crippen LogP) is 1.91. The molecule has 0 amide bonds. The van der Waals surface area contributed by atoms with Crippen LogP contribution in [0.1, 0.15) is 28.7 Å². The molecule has 1 unspecified atom stereocenters. The minimum Gasteiger partial charge on any atom is -0.496 e. The Morgan fingerprint density at radius 2 is 1.88 bits per heavy atom. The Balaban J connectivity index is 2.96. The number of ether oxygens (including phenoxy) is 1. The summed E-state index contributed by atoms with van der Waals surface area (Å²) in [6.07, 6.45) is 0.741. The second-order valence-corrected chi connectivity index (χ2v) is 4.50. The van der Waals surface area contributed by atoms with Crippen LogP contribution in [0.2, 0.25) is 0 Å². The third-order valence-electron chi connectivity index (χ3n) is 3.37. The van der Waals surface area contributed by atoms with E-state index in [1.165, 1.54) is 16.7 Å². The van der Waals surface area contributed by atoms with Crippen molar-refractivity contribution in [1.82, 2.24) is 0 Å². The number of hydrogen-bond acceptors (Lipinski definition) is 3. The maximum Gasteiger partial charge on any atom is 0.122 e. The molecule has 3 heteroatoms. The molecule has 0 saturated carbocycles. The van der Waals surface area contributed by atoms with Gasteiger partial charge in [0.05, 0.1) is 19.8 Å². The highest BCUT2D eigenvalue weighted by atomic mass is 16.5. The molecule has 1 rings (SSSR count). The van der Waals surface area contributed by atoms with Gasteiger partial charge in [0.1, 0.15) is 5.75 Å². The van der Waals surface area contributed by atoms with E-state index in [0.29, 0.717) is 6.42 Å². The number of benzene rings is 1. The van der Waals surface area contributed by atoms with Gasteiger partial charge < -0.3 is 14.9 Å². The predicted molar refractivity (Wildman–Crippen MR) is 68.6 cm³/mol. The standard InChI is InChI=1S/C14H22O3/c1-9-7-14(17-4)11(3)10(2)13(9)6-5-12(16)8-15/h7,12,15-16H,5-6,8H2,1-4H3. The first-order chi connectivity index (χ1) is 8.01. The molecule has 0 spiro atoms. The Labute approximate surface area is 103 Å². The fourth-order valence-electron chi connectivity index (χ4n) is 2.10. The molecule has 0 radical (unpaired) electrons. The zero-order valence-corrected chi connectivity index (χ0v) is 11.1. The van der Waals surface area contributed by atoms with E-state index in [2.05, 4.69) is 13.8 Å². The molecule has 3 nitrogen and oxygen atoms in total. The molecule has 17 heavy (non-hydrogen) atoms. The zero-order chi connectivity index (χ0) is 13.0. The topological polar surface area (TPSA) is 49.7 Å². The first kappa shape index (κ1) is 14.0. The Kier molecular flexibility index (Phi) is 4.97. The molecule has 0 heterocycles. The highest BCUT2D eigenvalue weighted by molar-refractivity contribution is 5.48. The molecule has 0 aliphatic heterocycles. The van der Waals surface area contributed by atoms with Gasteiger partial charge in [-0.05, 0) is 61.9 Å². The maximum atomic E-state index is 9.40. The van der Waals surface area contributed by atoms with Crippen LogP contribution in [0.25, 0.3) is 0 Å². The summed E-state index contributed by atoms with van der Waals surface area (Å²) in [5, 5.41) is 18.2. The van der Waals surface area contributed by atoms with Crippen molar-refractivity contribution >= 4 is 0 Å². The van der Waals surface area contributed by atoms with E-state index in [0.717, 1.165) is 17.7 Å². The third kappa shape index (κ3) is 3.20. The van der Waals surface area contributed by atoms with Gasteiger partial charge in [0.25, 0.3) is 0 Å². The normalized spacial score (nSPS) is 12.6. The van der Waals surface area contributed by atoms with Crippen LogP contribution in [0.3, 0.4) is 0 Å². The lowest BCUT2D eigenvalue weighted by Gasteiger charge is -2.17. The van der Waals surface area contributed by atoms with Gasteiger partial charge in [-0.15, -0.1) is 0 Å². The van der Waals surface area contributed by atoms with Crippen molar-refractivity contribution in [2.24, 2.45) is 0 Å². The van der Waals surface area contributed by atoms with Crippen molar-refractivity contribution < 1.29 is 14.9 Å². The second kappa shape index (κ2) is 6.03. The SMILES string of the molecule is COc1cc(C)c(CCC(O)CO)c(C)c1C. The smallest absolute Gasteiger partial charge is 0.122 e. The number of methoxy groups -OCH3 is 1. The monoisotopic (exact) mass is 238 g/mol. The van der Waals surface area contributed by atoms with E-state index in [1.54, 1.807) is 7.11 Å². The van der Waals surface area contributed by atoms with Gasteiger partial charge in [-0.25, -0.2) is 0 Å². The largest absolute Gasteiger partial charge is 0.496 e. The first-order valence-corrected chi connectivity index (χ1v) is 5.93. The summed E-state index contributed by atoms with van der Waals surface area (Å²) in [6, 6.07) is 2.03. The molecule has 1 aromatic carbocycles. The van der Waals surface area contributed by atoms with E-state index < -0.39 is 6.10 Å². The van der Waals surface area contributed by atoms with Crippen LogP contribution in [0, 0.1) is 20.8 Å². The van der Waals surface area contributed by atoms with Crippen LogP contribution in [0.4, 0.5) is 0 Å². The van der Waals surface area contributed by atoms with Crippen LogP contribution < -0.4 is 4.74 Å². The van der Waals surface area contributed by atoms with Crippen molar-refractivity contribution in [2.75, 3.05) is 13.7 Å². The van der Waals surface area contributed by atoms with Crippen molar-refractivity contribution in [1.29, 1.82) is 0 Å². The summed E-state index contributed by atoms with van der Waals surface area (Å²) < 4.78 is 5.32. The minimum absolute atomic E-state index is 0.173. The van der Waals surface area contributed by atoms with Gasteiger partial charge >= 0.3 is 0 Å². The average molecular weight is 238 g/mol. The van der Waals surface area contributed by atoms with E-state index >= 15 is 0 Å². The van der Waals surface area contributed by atoms with Gasteiger partial charge in [-0.1, -0.05) is 0 Å². The number of aryl methyl sites for hydroxylation is 1. The summed E-state index contributed by atoms with van der Waals surface area (Å²) >= 11 is 0. The van der Waals surface area contributed by atoms with Crippen molar-refractivity contribution in [3.05, 3.63) is 28.3 Å². The molecule has 96 valence electrons. The van der Waals surface area contributed by atoms with Gasteiger partial charge in [-0.2, -0.15) is 0 Å². The highest BCUT2D eigenvalue weighted by Crippen LogP contribution is 2.28. The molecular formula is C14H22O3. The lowest BCUT2D eigenvalue weighted by molar-refractivity contribution is 0.0885. The Bertz CT molecular complexity index is 386. The summed E-state index contributed by atoms with van der Waals surface area (Å²) in [5.41, 5.74) is 4.78. The molecule has 0 aliphatic rings. The van der Waals surface area contributed by atoms with Crippen LogP contribution in [-0.4, -0.2) is 30.0 Å². The Morgan fingerprint density at radius 3 is 2.41 bits per heavy atom. The van der Waals surface area contributed by atoms with Crippen LogP contribution >= 0.6 is 0 Å². The van der Waals surface area contributed by atoms with E-state index in [1.807, 2.05) is 13.0 Å². The summed E-state index contributed by atoms with van der Waals surface area (Å²) in [5.74, 6) is 0.909.